The third-order valence-corrected chi connectivity index (χ3v) is 2.05. The van der Waals surface area contributed by atoms with Gasteiger partial charge in [0.05, 0.1) is 5.56 Å². The number of aromatic nitrogens is 3. The third kappa shape index (κ3) is 2.05. The first-order valence-electron chi connectivity index (χ1n) is 4.36. The van der Waals surface area contributed by atoms with Crippen molar-refractivity contribution in [1.82, 2.24) is 14.6 Å². The van der Waals surface area contributed by atoms with E-state index in [4.69, 9.17) is 0 Å². The highest BCUT2D eigenvalue weighted by Gasteiger charge is 2.36. The van der Waals surface area contributed by atoms with Crippen LogP contribution in [0.4, 0.5) is 26.3 Å². The summed E-state index contributed by atoms with van der Waals surface area (Å²) < 4.78 is 74.1. The molecular formula is C8H3F6N3O. The van der Waals surface area contributed by atoms with Crippen LogP contribution in [0.2, 0.25) is 0 Å². The van der Waals surface area contributed by atoms with Crippen molar-refractivity contribution in [3.63, 3.8) is 0 Å². The molecule has 0 spiro atoms. The summed E-state index contributed by atoms with van der Waals surface area (Å²) in [5, 5.41) is 1.58. The van der Waals surface area contributed by atoms with Crippen LogP contribution in [0, 0.1) is 0 Å². The molecule has 0 saturated heterocycles. The van der Waals surface area contributed by atoms with Crippen molar-refractivity contribution < 1.29 is 26.3 Å². The molecule has 98 valence electrons. The van der Waals surface area contributed by atoms with Crippen molar-refractivity contribution >= 4 is 5.65 Å². The number of aromatic amines is 1. The van der Waals surface area contributed by atoms with Crippen LogP contribution in [-0.4, -0.2) is 14.6 Å². The lowest BCUT2D eigenvalue weighted by Gasteiger charge is -2.04. The Bertz CT molecular complexity index is 649. The number of alkyl halides is 6. The van der Waals surface area contributed by atoms with Gasteiger partial charge in [-0.15, -0.1) is 0 Å². The molecule has 0 aliphatic carbocycles. The molecule has 0 fully saturated rings. The van der Waals surface area contributed by atoms with Gasteiger partial charge in [-0.05, 0) is 6.07 Å². The Labute approximate surface area is 93.8 Å². The quantitative estimate of drug-likeness (QED) is 0.745. The van der Waals surface area contributed by atoms with Crippen LogP contribution in [0.5, 0.6) is 0 Å². The Morgan fingerprint density at radius 1 is 1.06 bits per heavy atom. The molecule has 0 atom stereocenters. The zero-order chi connectivity index (χ0) is 13.7. The normalized spacial score (nSPS) is 13.2. The summed E-state index contributed by atoms with van der Waals surface area (Å²) in [4.78, 5) is 14.1. The lowest BCUT2D eigenvalue weighted by atomic mass is 10.2. The van der Waals surface area contributed by atoms with E-state index in [2.05, 4.69) is 4.98 Å². The molecule has 1 N–H and O–H groups in total. The Balaban J connectivity index is 2.71. The first kappa shape index (κ1) is 12.5. The van der Waals surface area contributed by atoms with Crippen LogP contribution >= 0.6 is 0 Å². The fraction of sp³-hybridized carbons (Fsp3) is 0.250. The van der Waals surface area contributed by atoms with E-state index in [0.29, 0.717) is 6.07 Å². The van der Waals surface area contributed by atoms with Gasteiger partial charge in [-0.3, -0.25) is 9.89 Å². The van der Waals surface area contributed by atoms with E-state index in [9.17, 15) is 31.1 Å². The fourth-order valence-electron chi connectivity index (χ4n) is 1.29. The molecule has 0 bridgehead atoms. The minimum absolute atomic E-state index is 0.186. The average molecular weight is 271 g/mol. The second-order valence-electron chi connectivity index (χ2n) is 3.34. The molecule has 0 aliphatic heterocycles. The van der Waals surface area contributed by atoms with Crippen molar-refractivity contribution in [3.8, 4) is 0 Å². The number of hydrogen-bond acceptors (Lipinski definition) is 2. The topological polar surface area (TPSA) is 50.2 Å². The van der Waals surface area contributed by atoms with Gasteiger partial charge in [-0.1, -0.05) is 0 Å². The Morgan fingerprint density at radius 2 is 1.67 bits per heavy atom. The predicted molar refractivity (Wildman–Crippen MR) is 45.8 cm³/mol. The second kappa shape index (κ2) is 3.50. The summed E-state index contributed by atoms with van der Waals surface area (Å²) in [6.45, 7) is 0. The van der Waals surface area contributed by atoms with E-state index in [1.54, 1.807) is 5.10 Å². The highest BCUT2D eigenvalue weighted by molar-refractivity contribution is 5.41. The molecule has 2 heterocycles. The summed E-state index contributed by atoms with van der Waals surface area (Å²) in [7, 11) is 0. The maximum Gasteiger partial charge on any atom is 0.451 e. The zero-order valence-corrected chi connectivity index (χ0v) is 8.23. The van der Waals surface area contributed by atoms with Gasteiger partial charge >= 0.3 is 12.4 Å². The van der Waals surface area contributed by atoms with Gasteiger partial charge in [0.25, 0.3) is 5.56 Å². The lowest BCUT2D eigenvalue weighted by Crippen LogP contribution is -2.18. The SMILES string of the molecule is O=c1cc(C(F)(F)F)cc2nc(C(F)(F)F)[nH]n12. The molecule has 2 aromatic heterocycles. The zero-order valence-electron chi connectivity index (χ0n) is 8.23. The molecule has 4 nitrogen and oxygen atoms in total. The Hall–Kier alpha value is -2.00. The lowest BCUT2D eigenvalue weighted by molar-refractivity contribution is -0.144. The highest BCUT2D eigenvalue weighted by Crippen LogP contribution is 2.30. The summed E-state index contributed by atoms with van der Waals surface area (Å²) in [5.74, 6) is -1.54. The molecule has 2 rings (SSSR count). The van der Waals surface area contributed by atoms with Gasteiger partial charge in [0.1, 0.15) is 0 Å². The maximum atomic E-state index is 12.3. The van der Waals surface area contributed by atoms with E-state index in [0.717, 1.165) is 0 Å². The number of fused-ring (bicyclic) bond motifs is 1. The summed E-state index contributed by atoms with van der Waals surface area (Å²) in [5.41, 5.74) is -3.38. The average Bonchev–Trinajstić information content (AvgIpc) is 2.59. The van der Waals surface area contributed by atoms with Gasteiger partial charge in [0, 0.05) is 6.07 Å². The standard InChI is InChI=1S/C8H3F6N3O/c9-7(10,11)3-1-4-15-6(8(12,13)14)16-17(4)5(18)2-3/h1-2H,(H,15,16). The smallest absolute Gasteiger partial charge is 0.269 e. The highest BCUT2D eigenvalue weighted by atomic mass is 19.4. The van der Waals surface area contributed by atoms with E-state index < -0.39 is 34.9 Å². The molecule has 0 unspecified atom stereocenters. The number of pyridine rings is 1. The van der Waals surface area contributed by atoms with Crippen LogP contribution in [0.1, 0.15) is 11.4 Å². The first-order chi connectivity index (χ1) is 8.09. The van der Waals surface area contributed by atoms with Gasteiger partial charge < -0.3 is 0 Å². The van der Waals surface area contributed by atoms with Crippen LogP contribution in [0.25, 0.3) is 5.65 Å². The predicted octanol–water partition coefficient (Wildman–Crippen LogP) is 2.06. The summed E-state index contributed by atoms with van der Waals surface area (Å²) in [6.07, 6.45) is -9.71. The number of nitrogens with zero attached hydrogens (tertiary/aromatic N) is 2. The second-order valence-corrected chi connectivity index (χ2v) is 3.34. The van der Waals surface area contributed by atoms with Crippen LogP contribution in [0.15, 0.2) is 16.9 Å². The molecular weight excluding hydrogens is 268 g/mol. The van der Waals surface area contributed by atoms with Crippen LogP contribution in [-0.2, 0) is 12.4 Å². The number of hydrogen-bond donors (Lipinski definition) is 1. The van der Waals surface area contributed by atoms with Crippen molar-refractivity contribution in [2.45, 2.75) is 12.4 Å². The van der Waals surface area contributed by atoms with Crippen molar-refractivity contribution in [2.24, 2.45) is 0 Å². The molecule has 10 heteroatoms. The third-order valence-electron chi connectivity index (χ3n) is 2.05. The minimum atomic E-state index is -4.88. The Morgan fingerprint density at radius 3 is 2.17 bits per heavy atom. The van der Waals surface area contributed by atoms with E-state index >= 15 is 0 Å². The monoisotopic (exact) mass is 271 g/mol. The fourth-order valence-corrected chi connectivity index (χ4v) is 1.29. The summed E-state index contributed by atoms with van der Waals surface area (Å²) >= 11 is 0. The molecule has 18 heavy (non-hydrogen) atoms. The molecule has 0 amide bonds. The number of H-pyrrole nitrogens is 1. The van der Waals surface area contributed by atoms with Crippen LogP contribution < -0.4 is 5.56 Å². The molecule has 0 radical (unpaired) electrons. The van der Waals surface area contributed by atoms with Crippen molar-refractivity contribution in [2.75, 3.05) is 0 Å². The van der Waals surface area contributed by atoms with Gasteiger partial charge in [-0.2, -0.15) is 30.9 Å². The molecule has 0 aliphatic rings. The molecule has 0 aromatic carbocycles. The number of nitrogens with one attached hydrogen (secondary N) is 1. The largest absolute Gasteiger partial charge is 0.451 e. The minimum Gasteiger partial charge on any atom is -0.269 e. The number of rotatable bonds is 0. The number of halogens is 6. The van der Waals surface area contributed by atoms with Crippen molar-refractivity contribution in [3.05, 3.63) is 33.9 Å². The van der Waals surface area contributed by atoms with Gasteiger partial charge in [0.15, 0.2) is 5.65 Å². The van der Waals surface area contributed by atoms with Crippen molar-refractivity contribution in [1.29, 1.82) is 0 Å². The van der Waals surface area contributed by atoms with Gasteiger partial charge in [0.2, 0.25) is 5.82 Å². The molecule has 2 aromatic rings. The van der Waals surface area contributed by atoms with E-state index in [-0.39, 0.29) is 10.6 Å². The van der Waals surface area contributed by atoms with E-state index in [1.807, 2.05) is 0 Å². The van der Waals surface area contributed by atoms with Crippen LogP contribution in [0.3, 0.4) is 0 Å². The van der Waals surface area contributed by atoms with Gasteiger partial charge in [-0.25, -0.2) is 4.98 Å². The molecule has 0 saturated carbocycles. The van der Waals surface area contributed by atoms with E-state index in [1.165, 1.54) is 0 Å². The first-order valence-corrected chi connectivity index (χ1v) is 4.36. The summed E-state index contributed by atoms with van der Waals surface area (Å²) in [6, 6.07) is 0.540. The Kier molecular flexibility index (Phi) is 2.42. The maximum absolute atomic E-state index is 12.3.